The minimum Gasteiger partial charge on any atom is -0.252 e. The Balaban J connectivity index is 0. The third kappa shape index (κ3) is 8.83. The van der Waals surface area contributed by atoms with Crippen molar-refractivity contribution < 1.29 is 26.6 Å². The first-order chi connectivity index (χ1) is 2.41. The van der Waals surface area contributed by atoms with E-state index < -0.39 is 0 Å². The smallest absolute Gasteiger partial charge is 0.0817 e. The zero-order valence-electron chi connectivity index (χ0n) is 3.59. The van der Waals surface area contributed by atoms with Crippen LogP contribution < -0.4 is 0 Å². The molecule has 0 saturated carbocycles. The van der Waals surface area contributed by atoms with Crippen LogP contribution in [0.15, 0.2) is 0 Å². The second-order valence-electron chi connectivity index (χ2n) is 0.833. The van der Waals surface area contributed by atoms with E-state index in [0.717, 1.165) is 6.42 Å². The minimum absolute atomic E-state index is 0. The molecule has 0 amide bonds. The molecule has 0 rings (SSSR count). The summed E-state index contributed by atoms with van der Waals surface area (Å²) in [6, 6.07) is 0. The molecule has 0 heterocycles. The SMILES string of the molecule is CCCOO.[Ni]. The molecule has 3 heteroatoms. The number of hydrogen-bond donors (Lipinski definition) is 1. The fourth-order valence-corrected chi connectivity index (χ4v) is 0.0913. The molecule has 0 fully saturated rings. The zero-order chi connectivity index (χ0) is 4.12. The Kier molecular flexibility index (Phi) is 14.6. The molecule has 0 aliphatic heterocycles. The molecule has 0 aliphatic carbocycles. The monoisotopic (exact) mass is 134 g/mol. The van der Waals surface area contributed by atoms with E-state index in [1.165, 1.54) is 0 Å². The third-order valence-corrected chi connectivity index (χ3v) is 0.295. The molecule has 0 bridgehead atoms. The first kappa shape index (κ1) is 9.65. The van der Waals surface area contributed by atoms with Gasteiger partial charge in [0.25, 0.3) is 0 Å². The van der Waals surface area contributed by atoms with Crippen molar-refractivity contribution in [2.75, 3.05) is 6.61 Å². The zero-order valence-corrected chi connectivity index (χ0v) is 4.57. The van der Waals surface area contributed by atoms with Crippen LogP contribution in [-0.2, 0) is 21.4 Å². The van der Waals surface area contributed by atoms with Crippen molar-refractivity contribution in [2.24, 2.45) is 0 Å². The van der Waals surface area contributed by atoms with Gasteiger partial charge in [0.1, 0.15) is 0 Å². The number of rotatable bonds is 2. The summed E-state index contributed by atoms with van der Waals surface area (Å²) in [7, 11) is 0. The van der Waals surface area contributed by atoms with E-state index in [9.17, 15) is 0 Å². The van der Waals surface area contributed by atoms with Crippen molar-refractivity contribution in [3.05, 3.63) is 0 Å². The van der Waals surface area contributed by atoms with Crippen molar-refractivity contribution in [1.29, 1.82) is 0 Å². The Hall–Kier alpha value is 0.414. The molecule has 0 unspecified atom stereocenters. The normalized spacial score (nSPS) is 7.00. The Morgan fingerprint density at radius 2 is 2.17 bits per heavy atom. The summed E-state index contributed by atoms with van der Waals surface area (Å²) in [5.41, 5.74) is 0. The van der Waals surface area contributed by atoms with Gasteiger partial charge in [0.15, 0.2) is 0 Å². The van der Waals surface area contributed by atoms with E-state index in [-0.39, 0.29) is 16.5 Å². The van der Waals surface area contributed by atoms with E-state index in [2.05, 4.69) is 4.89 Å². The van der Waals surface area contributed by atoms with Crippen molar-refractivity contribution in [2.45, 2.75) is 13.3 Å². The molecule has 0 aliphatic rings. The summed E-state index contributed by atoms with van der Waals surface area (Å²) in [5.74, 6) is 0. The minimum atomic E-state index is 0. The fraction of sp³-hybridized carbons (Fsp3) is 1.00. The van der Waals surface area contributed by atoms with Crippen LogP contribution >= 0.6 is 0 Å². The molecule has 0 radical (unpaired) electrons. The molecule has 0 saturated heterocycles. The maximum atomic E-state index is 7.57. The summed E-state index contributed by atoms with van der Waals surface area (Å²) in [6.45, 7) is 2.37. The van der Waals surface area contributed by atoms with Crippen molar-refractivity contribution in [3.8, 4) is 0 Å². The van der Waals surface area contributed by atoms with Gasteiger partial charge >= 0.3 is 0 Å². The van der Waals surface area contributed by atoms with E-state index in [1.54, 1.807) is 0 Å². The van der Waals surface area contributed by atoms with Crippen molar-refractivity contribution in [1.82, 2.24) is 0 Å². The maximum absolute atomic E-state index is 7.57. The van der Waals surface area contributed by atoms with Gasteiger partial charge in [-0.05, 0) is 6.42 Å². The summed E-state index contributed by atoms with van der Waals surface area (Å²) in [4.78, 5) is 3.69. The summed E-state index contributed by atoms with van der Waals surface area (Å²) in [5, 5.41) is 7.57. The topological polar surface area (TPSA) is 29.5 Å². The van der Waals surface area contributed by atoms with Gasteiger partial charge in [-0.2, -0.15) is 0 Å². The van der Waals surface area contributed by atoms with E-state index in [1.807, 2.05) is 6.92 Å². The summed E-state index contributed by atoms with van der Waals surface area (Å²) >= 11 is 0. The van der Waals surface area contributed by atoms with E-state index in [4.69, 9.17) is 5.26 Å². The molecular formula is C3H8NiO2. The Morgan fingerprint density at radius 3 is 2.17 bits per heavy atom. The predicted molar refractivity (Wildman–Crippen MR) is 18.9 cm³/mol. The standard InChI is InChI=1S/C3H8O2.Ni/c1-2-3-5-4;/h4H,2-3H2,1H3;. The average Bonchev–Trinajstić information content (AvgIpc) is 1.41. The molecule has 0 spiro atoms. The van der Waals surface area contributed by atoms with Gasteiger partial charge in [-0.15, -0.1) is 0 Å². The van der Waals surface area contributed by atoms with Crippen molar-refractivity contribution >= 4 is 0 Å². The molecule has 0 aromatic carbocycles. The molecule has 2 nitrogen and oxygen atoms in total. The van der Waals surface area contributed by atoms with Crippen LogP contribution in [0.25, 0.3) is 0 Å². The van der Waals surface area contributed by atoms with Gasteiger partial charge < -0.3 is 0 Å². The van der Waals surface area contributed by atoms with Crippen LogP contribution in [0.5, 0.6) is 0 Å². The van der Waals surface area contributed by atoms with Crippen molar-refractivity contribution in [3.63, 3.8) is 0 Å². The van der Waals surface area contributed by atoms with Gasteiger partial charge in [-0.25, -0.2) is 4.89 Å². The average molecular weight is 135 g/mol. The first-order valence-corrected chi connectivity index (χ1v) is 1.68. The molecule has 42 valence electrons. The second kappa shape index (κ2) is 9.05. The second-order valence-corrected chi connectivity index (χ2v) is 0.833. The quantitative estimate of drug-likeness (QED) is 0.345. The van der Waals surface area contributed by atoms with E-state index >= 15 is 0 Å². The maximum Gasteiger partial charge on any atom is 0.0817 e. The van der Waals surface area contributed by atoms with Gasteiger partial charge in [0.05, 0.1) is 6.61 Å². The van der Waals surface area contributed by atoms with Gasteiger partial charge in [0.2, 0.25) is 0 Å². The number of hydrogen-bond acceptors (Lipinski definition) is 2. The molecule has 0 aromatic heterocycles. The molecule has 6 heavy (non-hydrogen) atoms. The van der Waals surface area contributed by atoms with Crippen LogP contribution in [-0.4, -0.2) is 11.9 Å². The first-order valence-electron chi connectivity index (χ1n) is 1.68. The summed E-state index contributed by atoms with van der Waals surface area (Å²) in [6.07, 6.45) is 0.872. The third-order valence-electron chi connectivity index (χ3n) is 0.295. The van der Waals surface area contributed by atoms with Crippen LogP contribution in [0.3, 0.4) is 0 Å². The Morgan fingerprint density at radius 1 is 1.67 bits per heavy atom. The van der Waals surface area contributed by atoms with Crippen LogP contribution in [0.1, 0.15) is 13.3 Å². The fourth-order valence-electron chi connectivity index (χ4n) is 0.0913. The van der Waals surface area contributed by atoms with Crippen LogP contribution in [0.2, 0.25) is 0 Å². The van der Waals surface area contributed by atoms with Gasteiger partial charge in [0, 0.05) is 16.5 Å². The Bertz CT molecular complexity index is 16.3. The molecule has 0 aromatic rings. The van der Waals surface area contributed by atoms with E-state index in [0.29, 0.717) is 6.61 Å². The van der Waals surface area contributed by atoms with Crippen LogP contribution in [0.4, 0.5) is 0 Å². The molecule has 0 atom stereocenters. The predicted octanol–water partition coefficient (Wildman–Crippen LogP) is 0.883. The Labute approximate surface area is 47.4 Å². The molecule has 1 N–H and O–H groups in total. The molecular weight excluding hydrogens is 127 g/mol. The summed E-state index contributed by atoms with van der Waals surface area (Å²) < 4.78 is 0. The van der Waals surface area contributed by atoms with Gasteiger partial charge in [-0.1, -0.05) is 6.92 Å². The largest absolute Gasteiger partial charge is 0.252 e. The van der Waals surface area contributed by atoms with Gasteiger partial charge in [-0.3, -0.25) is 5.26 Å². The van der Waals surface area contributed by atoms with Crippen LogP contribution in [0, 0.1) is 0 Å².